The van der Waals surface area contributed by atoms with Crippen LogP contribution in [0.2, 0.25) is 0 Å². The number of carbonyl (C=O) groups is 1. The molecule has 0 radical (unpaired) electrons. The molecule has 0 aliphatic heterocycles. The van der Waals surface area contributed by atoms with Gasteiger partial charge in [0.2, 0.25) is 0 Å². The molecule has 0 spiro atoms. The van der Waals surface area contributed by atoms with Crippen molar-refractivity contribution in [2.75, 3.05) is 0 Å². The highest BCUT2D eigenvalue weighted by Gasteiger charge is 2.51. The smallest absolute Gasteiger partial charge is 0.140 e. The monoisotopic (exact) mass is 280 g/mol. The van der Waals surface area contributed by atoms with Gasteiger partial charge in [-0.2, -0.15) is 0 Å². The summed E-state index contributed by atoms with van der Waals surface area (Å²) in [4.78, 5) is 13.2. The minimum absolute atomic E-state index is 0.296. The zero-order valence-corrected chi connectivity index (χ0v) is 12.6. The van der Waals surface area contributed by atoms with E-state index in [0.29, 0.717) is 17.6 Å². The molecule has 5 aliphatic carbocycles. The Morgan fingerprint density at radius 2 is 1.33 bits per heavy atom. The van der Waals surface area contributed by atoms with E-state index >= 15 is 0 Å². The van der Waals surface area contributed by atoms with Crippen molar-refractivity contribution in [3.63, 3.8) is 0 Å². The molecule has 4 fully saturated rings. The van der Waals surface area contributed by atoms with Crippen LogP contribution in [-0.4, -0.2) is 5.78 Å². The second-order valence-electron chi connectivity index (χ2n) is 8.23. The Morgan fingerprint density at radius 1 is 0.810 bits per heavy atom. The third-order valence-corrected chi connectivity index (χ3v) is 7.01. The van der Waals surface area contributed by atoms with E-state index in [-0.39, 0.29) is 0 Å². The Bertz CT molecular complexity index is 534. The Balaban J connectivity index is 1.38. The number of Topliss-reactive ketones (excluding diaryl/α,β-unsaturated/α-hetero) is 1. The van der Waals surface area contributed by atoms with Gasteiger partial charge in [0, 0.05) is 11.8 Å². The number of ketones is 1. The highest BCUT2D eigenvalue weighted by Crippen LogP contribution is 2.57. The summed E-state index contributed by atoms with van der Waals surface area (Å²) in [6.45, 7) is 0. The number of carbonyl (C=O) groups excluding carboxylic acids is 1. The number of rotatable bonds is 2. The molecule has 0 heterocycles. The molecule has 4 saturated carbocycles. The summed E-state index contributed by atoms with van der Waals surface area (Å²) in [6, 6.07) is 8.68. The zero-order valence-electron chi connectivity index (χ0n) is 12.6. The van der Waals surface area contributed by atoms with Gasteiger partial charge < -0.3 is 0 Å². The van der Waals surface area contributed by atoms with E-state index < -0.39 is 0 Å². The topological polar surface area (TPSA) is 17.1 Å². The fourth-order valence-corrected chi connectivity index (χ4v) is 6.42. The van der Waals surface area contributed by atoms with Crippen LogP contribution in [0.25, 0.3) is 0 Å². The Morgan fingerprint density at radius 3 is 1.86 bits per heavy atom. The summed E-state index contributed by atoms with van der Waals surface area (Å²) in [6.07, 6.45) is 8.96. The van der Waals surface area contributed by atoms with Crippen molar-refractivity contribution in [1.82, 2.24) is 0 Å². The van der Waals surface area contributed by atoms with Crippen molar-refractivity contribution in [1.29, 1.82) is 0 Å². The highest BCUT2D eigenvalue weighted by atomic mass is 16.1. The Labute approximate surface area is 127 Å². The number of fused-ring (bicyclic) bond motifs is 1. The standard InChI is InChI=1S/C20H24O/c21-20(18-10-14-3-1-2-4-15(14)11-18)19-16-6-12-5-13(8-16)9-17(19)7-12/h1-4,12-13,16-19H,5-11H2. The van der Waals surface area contributed by atoms with E-state index in [1.807, 2.05) is 0 Å². The Kier molecular flexibility index (Phi) is 2.63. The second kappa shape index (κ2) is 4.44. The van der Waals surface area contributed by atoms with Crippen LogP contribution < -0.4 is 0 Å². The largest absolute Gasteiger partial charge is 0.299 e. The van der Waals surface area contributed by atoms with Crippen molar-refractivity contribution in [3.05, 3.63) is 35.4 Å². The van der Waals surface area contributed by atoms with Gasteiger partial charge in [0.15, 0.2) is 0 Å². The lowest BCUT2D eigenvalue weighted by molar-refractivity contribution is -0.139. The molecule has 0 amide bonds. The van der Waals surface area contributed by atoms with Crippen LogP contribution in [0.15, 0.2) is 24.3 Å². The van der Waals surface area contributed by atoms with Gasteiger partial charge in [-0.3, -0.25) is 4.79 Å². The van der Waals surface area contributed by atoms with Gasteiger partial charge in [0.05, 0.1) is 0 Å². The maximum absolute atomic E-state index is 13.2. The van der Waals surface area contributed by atoms with E-state index in [2.05, 4.69) is 24.3 Å². The highest BCUT2D eigenvalue weighted by molar-refractivity contribution is 5.85. The maximum Gasteiger partial charge on any atom is 0.140 e. The van der Waals surface area contributed by atoms with Crippen molar-refractivity contribution >= 4 is 5.78 Å². The molecule has 6 rings (SSSR count). The van der Waals surface area contributed by atoms with Gasteiger partial charge in [0.25, 0.3) is 0 Å². The van der Waals surface area contributed by atoms with Crippen molar-refractivity contribution < 1.29 is 4.79 Å². The molecule has 5 aliphatic rings. The molecule has 110 valence electrons. The summed E-state index contributed by atoms with van der Waals surface area (Å²) in [5.41, 5.74) is 2.86. The van der Waals surface area contributed by atoms with Crippen LogP contribution in [0.4, 0.5) is 0 Å². The lowest BCUT2D eigenvalue weighted by Crippen LogP contribution is -2.49. The van der Waals surface area contributed by atoms with Crippen LogP contribution in [0.5, 0.6) is 0 Å². The third kappa shape index (κ3) is 1.86. The second-order valence-corrected chi connectivity index (χ2v) is 8.23. The van der Waals surface area contributed by atoms with E-state index in [4.69, 9.17) is 0 Å². The van der Waals surface area contributed by atoms with Crippen molar-refractivity contribution in [3.8, 4) is 0 Å². The molecule has 1 aromatic carbocycles. The number of hydrogen-bond donors (Lipinski definition) is 0. The van der Waals surface area contributed by atoms with Crippen LogP contribution in [0, 0.1) is 35.5 Å². The van der Waals surface area contributed by atoms with Crippen molar-refractivity contribution in [2.45, 2.75) is 44.9 Å². The normalized spacial score (nSPS) is 40.5. The van der Waals surface area contributed by atoms with Gasteiger partial charge in [-0.15, -0.1) is 0 Å². The molecule has 1 aromatic rings. The average Bonchev–Trinajstić information content (AvgIpc) is 2.89. The summed E-state index contributed by atoms with van der Waals surface area (Å²) >= 11 is 0. The number of hydrogen-bond acceptors (Lipinski definition) is 1. The van der Waals surface area contributed by atoms with Gasteiger partial charge in [-0.25, -0.2) is 0 Å². The van der Waals surface area contributed by atoms with E-state index in [1.165, 1.54) is 43.2 Å². The Hall–Kier alpha value is -1.11. The quantitative estimate of drug-likeness (QED) is 0.799. The van der Waals surface area contributed by atoms with E-state index in [0.717, 1.165) is 36.5 Å². The fourth-order valence-electron chi connectivity index (χ4n) is 6.42. The van der Waals surface area contributed by atoms with Gasteiger partial charge in [0.1, 0.15) is 5.78 Å². The van der Waals surface area contributed by atoms with Crippen LogP contribution in [0.3, 0.4) is 0 Å². The average molecular weight is 280 g/mol. The molecule has 0 unspecified atom stereocenters. The summed E-state index contributed by atoms with van der Waals surface area (Å²) < 4.78 is 0. The molecule has 21 heavy (non-hydrogen) atoms. The molecular weight excluding hydrogens is 256 g/mol. The lowest BCUT2D eigenvalue weighted by Gasteiger charge is -2.54. The molecular formula is C20H24O. The van der Waals surface area contributed by atoms with E-state index in [9.17, 15) is 4.79 Å². The third-order valence-electron chi connectivity index (χ3n) is 7.01. The van der Waals surface area contributed by atoms with Gasteiger partial charge >= 0.3 is 0 Å². The van der Waals surface area contributed by atoms with E-state index in [1.54, 1.807) is 0 Å². The fraction of sp³-hybridized carbons (Fsp3) is 0.650. The molecule has 4 bridgehead atoms. The summed E-state index contributed by atoms with van der Waals surface area (Å²) in [5, 5.41) is 0. The lowest BCUT2D eigenvalue weighted by atomic mass is 9.50. The maximum atomic E-state index is 13.2. The van der Waals surface area contributed by atoms with Crippen LogP contribution >= 0.6 is 0 Å². The van der Waals surface area contributed by atoms with Crippen molar-refractivity contribution in [2.24, 2.45) is 35.5 Å². The molecule has 0 aromatic heterocycles. The predicted molar refractivity (Wildman–Crippen MR) is 82.9 cm³/mol. The minimum atomic E-state index is 0.296. The first kappa shape index (κ1) is 12.4. The van der Waals surface area contributed by atoms with Crippen LogP contribution in [0.1, 0.15) is 43.2 Å². The first-order chi connectivity index (χ1) is 10.3. The summed E-state index contributed by atoms with van der Waals surface area (Å²) in [7, 11) is 0. The van der Waals surface area contributed by atoms with Crippen LogP contribution in [-0.2, 0) is 17.6 Å². The predicted octanol–water partition coefficient (Wildman–Crippen LogP) is 4.04. The minimum Gasteiger partial charge on any atom is -0.299 e. The molecule has 0 saturated heterocycles. The van der Waals surface area contributed by atoms with Gasteiger partial charge in [-0.1, -0.05) is 24.3 Å². The molecule has 1 nitrogen and oxygen atoms in total. The molecule has 0 atom stereocenters. The molecule has 0 N–H and O–H groups in total. The number of benzene rings is 1. The first-order valence-electron chi connectivity index (χ1n) is 8.88. The molecule has 1 heteroatoms. The SMILES string of the molecule is O=C(C1Cc2ccccc2C1)C1C2CC3CC(C2)CC1C3. The first-order valence-corrected chi connectivity index (χ1v) is 8.88. The zero-order chi connectivity index (χ0) is 14.0. The summed E-state index contributed by atoms with van der Waals surface area (Å²) in [5.74, 6) is 4.80. The van der Waals surface area contributed by atoms with Gasteiger partial charge in [-0.05, 0) is 79.7 Å².